The number of carbonyl (C=O) groups is 1. The van der Waals surface area contributed by atoms with Crippen molar-refractivity contribution in [1.29, 1.82) is 0 Å². The van der Waals surface area contributed by atoms with Crippen molar-refractivity contribution >= 4 is 17.8 Å². The van der Waals surface area contributed by atoms with Crippen LogP contribution in [0.4, 0.5) is 5.69 Å². The summed E-state index contributed by atoms with van der Waals surface area (Å²) in [6.45, 7) is 3.48. The minimum Gasteiger partial charge on any atom is -0.493 e. The van der Waals surface area contributed by atoms with Crippen molar-refractivity contribution in [2.75, 3.05) is 39.8 Å². The molecule has 178 valence electrons. The molecule has 1 aliphatic heterocycles. The zero-order valence-electron chi connectivity index (χ0n) is 19.8. The van der Waals surface area contributed by atoms with Crippen LogP contribution in [0.1, 0.15) is 38.2 Å². The van der Waals surface area contributed by atoms with Gasteiger partial charge in [0.25, 0.3) is 0 Å². The molecule has 3 rings (SSSR count). The maximum absolute atomic E-state index is 12.9. The topological polar surface area (TPSA) is 81.6 Å². The molecule has 0 aliphatic carbocycles. The predicted molar refractivity (Wildman–Crippen MR) is 129 cm³/mol. The molecule has 1 amide bonds. The predicted octanol–water partition coefficient (Wildman–Crippen LogP) is 4.33. The lowest BCUT2D eigenvalue weighted by Gasteiger charge is -2.21. The molecule has 0 radical (unpaired) electrons. The Labute approximate surface area is 195 Å². The van der Waals surface area contributed by atoms with Gasteiger partial charge >= 0.3 is 0 Å². The number of unbranched alkanes of at least 4 members (excludes halogenated alkanes) is 1. The molecule has 2 aromatic rings. The Morgan fingerprint density at radius 1 is 1.06 bits per heavy atom. The molecule has 8 nitrogen and oxygen atoms in total. The van der Waals surface area contributed by atoms with Crippen LogP contribution in [0, 0.1) is 0 Å². The Kier molecular flexibility index (Phi) is 8.80. The van der Waals surface area contributed by atoms with E-state index in [9.17, 15) is 4.79 Å². The number of anilines is 1. The number of hydrogen-bond donors (Lipinski definition) is 1. The van der Waals surface area contributed by atoms with E-state index in [-0.39, 0.29) is 11.9 Å². The van der Waals surface area contributed by atoms with Gasteiger partial charge in [-0.15, -0.1) is 0 Å². The molecule has 0 saturated carbocycles. The fraction of sp³-hybridized carbons (Fsp3) is 0.440. The van der Waals surface area contributed by atoms with E-state index in [1.54, 1.807) is 45.7 Å². The number of benzene rings is 2. The van der Waals surface area contributed by atoms with Crippen molar-refractivity contribution < 1.29 is 23.7 Å². The normalized spacial score (nSPS) is 15.5. The second-order valence-corrected chi connectivity index (χ2v) is 7.74. The maximum Gasteiger partial charge on any atom is 0.248 e. The zero-order valence-corrected chi connectivity index (χ0v) is 19.8. The number of ether oxygens (including phenoxy) is 4. The van der Waals surface area contributed by atoms with E-state index in [2.05, 4.69) is 17.3 Å². The minimum atomic E-state index is -0.340. The number of methoxy groups -OCH3 is 3. The van der Waals surface area contributed by atoms with Gasteiger partial charge in [0.15, 0.2) is 23.0 Å². The van der Waals surface area contributed by atoms with Gasteiger partial charge in [0.05, 0.1) is 34.2 Å². The summed E-state index contributed by atoms with van der Waals surface area (Å²) in [5.74, 6) is 2.46. The van der Waals surface area contributed by atoms with Crippen LogP contribution in [0.2, 0.25) is 0 Å². The zero-order chi connectivity index (χ0) is 23.6. The third kappa shape index (κ3) is 6.31. The molecule has 1 aliphatic rings. The number of nitrogens with one attached hydrogen (secondary N) is 1. The molecule has 0 aromatic heterocycles. The van der Waals surface area contributed by atoms with Gasteiger partial charge in [-0.1, -0.05) is 13.3 Å². The number of hydrazone groups is 1. The molecule has 0 bridgehead atoms. The third-order valence-electron chi connectivity index (χ3n) is 5.48. The lowest BCUT2D eigenvalue weighted by Crippen LogP contribution is -2.36. The molecule has 1 heterocycles. The first-order valence-corrected chi connectivity index (χ1v) is 11.2. The monoisotopic (exact) mass is 455 g/mol. The highest BCUT2D eigenvalue weighted by Crippen LogP contribution is 2.31. The van der Waals surface area contributed by atoms with Crippen LogP contribution in [0.25, 0.3) is 0 Å². The van der Waals surface area contributed by atoms with Crippen LogP contribution < -0.4 is 24.3 Å². The summed E-state index contributed by atoms with van der Waals surface area (Å²) in [7, 11) is 4.77. The fourth-order valence-electron chi connectivity index (χ4n) is 3.65. The van der Waals surface area contributed by atoms with Gasteiger partial charge in [-0.2, -0.15) is 5.10 Å². The van der Waals surface area contributed by atoms with Crippen molar-refractivity contribution in [3.63, 3.8) is 0 Å². The minimum absolute atomic E-state index is 0.102. The van der Waals surface area contributed by atoms with Gasteiger partial charge in [-0.25, -0.2) is 0 Å². The number of carbonyl (C=O) groups excluding carboxylic acids is 1. The molecule has 1 N–H and O–H groups in total. The molecule has 33 heavy (non-hydrogen) atoms. The second-order valence-electron chi connectivity index (χ2n) is 7.74. The van der Waals surface area contributed by atoms with E-state index < -0.39 is 0 Å². The molecule has 1 atom stereocenters. The first kappa shape index (κ1) is 24.2. The first-order chi connectivity index (χ1) is 16.1. The summed E-state index contributed by atoms with van der Waals surface area (Å²) in [5, 5.41) is 9.39. The van der Waals surface area contributed by atoms with E-state index in [1.807, 2.05) is 23.2 Å². The molecule has 1 fully saturated rings. The van der Waals surface area contributed by atoms with E-state index in [1.165, 1.54) is 0 Å². The van der Waals surface area contributed by atoms with Crippen molar-refractivity contribution in [1.82, 2.24) is 5.01 Å². The Balaban J connectivity index is 1.67. The van der Waals surface area contributed by atoms with Crippen LogP contribution in [0.5, 0.6) is 23.0 Å². The molecule has 8 heteroatoms. The van der Waals surface area contributed by atoms with E-state index >= 15 is 0 Å². The van der Waals surface area contributed by atoms with Gasteiger partial charge in [0, 0.05) is 18.3 Å². The van der Waals surface area contributed by atoms with Crippen molar-refractivity contribution in [3.05, 3.63) is 42.0 Å². The van der Waals surface area contributed by atoms with Gasteiger partial charge in [0.2, 0.25) is 5.91 Å². The largest absolute Gasteiger partial charge is 0.493 e. The summed E-state index contributed by atoms with van der Waals surface area (Å²) in [5.41, 5.74) is 1.53. The molecular formula is C25H33N3O5. The van der Waals surface area contributed by atoms with Crippen molar-refractivity contribution in [3.8, 4) is 23.0 Å². The van der Waals surface area contributed by atoms with Crippen LogP contribution in [-0.2, 0) is 4.79 Å². The van der Waals surface area contributed by atoms with Crippen LogP contribution >= 0.6 is 0 Å². The first-order valence-electron chi connectivity index (χ1n) is 11.2. The van der Waals surface area contributed by atoms with E-state index in [4.69, 9.17) is 18.9 Å². The van der Waals surface area contributed by atoms with Gasteiger partial charge in [-0.3, -0.25) is 9.80 Å². The van der Waals surface area contributed by atoms with E-state index in [0.717, 1.165) is 37.8 Å². The highest BCUT2D eigenvalue weighted by atomic mass is 16.5. The molecule has 1 unspecified atom stereocenters. The molecule has 2 aromatic carbocycles. The molecular weight excluding hydrogens is 422 g/mol. The van der Waals surface area contributed by atoms with Gasteiger partial charge in [0.1, 0.15) is 6.04 Å². The lowest BCUT2D eigenvalue weighted by atomic mass is 10.2. The van der Waals surface area contributed by atoms with Crippen LogP contribution in [-0.4, -0.2) is 57.7 Å². The summed E-state index contributed by atoms with van der Waals surface area (Å²) in [4.78, 5) is 12.9. The van der Waals surface area contributed by atoms with Crippen molar-refractivity contribution in [2.24, 2.45) is 5.10 Å². The lowest BCUT2D eigenvalue weighted by molar-refractivity contribution is -0.120. The van der Waals surface area contributed by atoms with Crippen LogP contribution in [0.15, 0.2) is 41.5 Å². The number of nitrogens with zero attached hydrogens (tertiary/aromatic N) is 2. The summed E-state index contributed by atoms with van der Waals surface area (Å²) < 4.78 is 21.8. The Hall–Kier alpha value is -3.42. The van der Waals surface area contributed by atoms with E-state index in [0.29, 0.717) is 35.3 Å². The summed E-state index contributed by atoms with van der Waals surface area (Å²) in [6.07, 6.45) is 5.44. The standard InChI is InChI=1S/C25H33N3O5/c1-5-6-14-33-24-15-18(9-11-22(24)31-3)17-26-28-13-7-8-20(28)25(29)27-19-10-12-21(30-2)23(16-19)32-4/h9-12,15-17,20H,5-8,13-14H2,1-4H3,(H,27,29)/b26-17+. The number of hydrogen-bond acceptors (Lipinski definition) is 7. The van der Waals surface area contributed by atoms with Crippen LogP contribution in [0.3, 0.4) is 0 Å². The smallest absolute Gasteiger partial charge is 0.248 e. The third-order valence-corrected chi connectivity index (χ3v) is 5.48. The summed E-state index contributed by atoms with van der Waals surface area (Å²) in [6, 6.07) is 10.7. The Morgan fingerprint density at radius 2 is 1.79 bits per heavy atom. The number of rotatable bonds is 11. The fourth-order valence-corrected chi connectivity index (χ4v) is 3.65. The quantitative estimate of drug-likeness (QED) is 0.401. The average molecular weight is 456 g/mol. The second kappa shape index (κ2) is 12.0. The van der Waals surface area contributed by atoms with Gasteiger partial charge < -0.3 is 24.3 Å². The molecule has 0 spiro atoms. The maximum atomic E-state index is 12.9. The SMILES string of the molecule is CCCCOc1cc(/C=N/N2CCCC2C(=O)Nc2ccc(OC)c(OC)c2)ccc1OC. The van der Waals surface area contributed by atoms with Gasteiger partial charge in [-0.05, 0) is 55.2 Å². The molecule has 1 saturated heterocycles. The summed E-state index contributed by atoms with van der Waals surface area (Å²) >= 11 is 0. The Bertz CT molecular complexity index is 963. The highest BCUT2D eigenvalue weighted by molar-refractivity contribution is 5.95. The highest BCUT2D eigenvalue weighted by Gasteiger charge is 2.30. The Morgan fingerprint density at radius 3 is 2.52 bits per heavy atom. The average Bonchev–Trinajstić information content (AvgIpc) is 3.32. The number of amides is 1. The van der Waals surface area contributed by atoms with Crippen molar-refractivity contribution in [2.45, 2.75) is 38.6 Å².